The molecule has 1 aromatic rings. The molecule has 2 aliphatic carbocycles. The van der Waals surface area contributed by atoms with E-state index in [0.717, 1.165) is 30.2 Å². The van der Waals surface area contributed by atoms with E-state index in [1.807, 2.05) is 0 Å². The Morgan fingerprint density at radius 3 is 2.32 bits per heavy atom. The Hall–Kier alpha value is -2.46. The minimum Gasteiger partial charge on any atom is -0.475 e. The standard InChI is InChI=1S/C18H22FN5O3S/c19-15-10-3-1-5-12(10)16(13-6-2-4-11(13)15)23-18(25)24-28(21,26)14(9-20)17-22-7-8-27-17/h9H,1-8,20H2,(H3,21,23,24,25,26). The molecule has 10 heteroatoms. The molecule has 8 nitrogen and oxygen atoms in total. The summed E-state index contributed by atoms with van der Waals surface area (Å²) in [5, 5.41) is 8.50. The first-order valence-corrected chi connectivity index (χ1v) is 10.8. The number of hydrogen-bond acceptors (Lipinski definition) is 5. The van der Waals surface area contributed by atoms with Crippen LogP contribution in [0.2, 0.25) is 0 Å². The summed E-state index contributed by atoms with van der Waals surface area (Å²) in [6.07, 6.45) is 5.34. The van der Waals surface area contributed by atoms with Crippen LogP contribution in [-0.2, 0) is 40.3 Å². The third kappa shape index (κ3) is 3.16. The van der Waals surface area contributed by atoms with Crippen molar-refractivity contribution in [3.05, 3.63) is 39.2 Å². The zero-order valence-corrected chi connectivity index (χ0v) is 16.1. The summed E-state index contributed by atoms with van der Waals surface area (Å²) >= 11 is 0. The van der Waals surface area contributed by atoms with Crippen molar-refractivity contribution in [3.8, 4) is 0 Å². The summed E-state index contributed by atoms with van der Waals surface area (Å²) < 4.78 is 36.4. The molecule has 4 rings (SSSR count). The Kier molecular flexibility index (Phi) is 4.84. The Morgan fingerprint density at radius 1 is 1.18 bits per heavy atom. The molecule has 28 heavy (non-hydrogen) atoms. The average Bonchev–Trinajstić information content (AvgIpc) is 3.38. The van der Waals surface area contributed by atoms with Crippen LogP contribution in [0.4, 0.5) is 14.9 Å². The van der Waals surface area contributed by atoms with Gasteiger partial charge in [0.25, 0.3) is 0 Å². The van der Waals surface area contributed by atoms with Gasteiger partial charge in [-0.05, 0) is 60.8 Å². The van der Waals surface area contributed by atoms with Crippen molar-refractivity contribution in [2.75, 3.05) is 18.5 Å². The molecule has 0 saturated heterocycles. The van der Waals surface area contributed by atoms with E-state index in [4.69, 9.17) is 15.6 Å². The van der Waals surface area contributed by atoms with Gasteiger partial charge in [-0.3, -0.25) is 0 Å². The molecule has 1 heterocycles. The molecule has 150 valence electrons. The van der Waals surface area contributed by atoms with Crippen LogP contribution in [0.5, 0.6) is 0 Å². The largest absolute Gasteiger partial charge is 0.475 e. The van der Waals surface area contributed by atoms with Gasteiger partial charge in [0, 0.05) is 11.9 Å². The smallest absolute Gasteiger partial charge is 0.354 e. The first-order valence-electron chi connectivity index (χ1n) is 9.22. The number of fused-ring (bicyclic) bond motifs is 2. The number of anilines is 1. The van der Waals surface area contributed by atoms with Gasteiger partial charge >= 0.3 is 6.03 Å². The summed E-state index contributed by atoms with van der Waals surface area (Å²) in [4.78, 5) is 16.5. The van der Waals surface area contributed by atoms with Crippen LogP contribution in [0.1, 0.15) is 35.1 Å². The van der Waals surface area contributed by atoms with Crippen molar-refractivity contribution in [1.29, 1.82) is 0 Å². The third-order valence-electron chi connectivity index (χ3n) is 5.28. The number of amides is 2. The minimum atomic E-state index is -3.64. The lowest BCUT2D eigenvalue weighted by atomic mass is 9.98. The molecule has 0 saturated carbocycles. The lowest BCUT2D eigenvalue weighted by molar-refractivity contribution is 0.260. The number of halogens is 1. The Bertz CT molecular complexity index is 1010. The van der Waals surface area contributed by atoms with Crippen LogP contribution < -0.4 is 16.2 Å². The number of carbonyl (C=O) groups excluding carboxylic acids is 1. The highest BCUT2D eigenvalue weighted by atomic mass is 32.2. The zero-order chi connectivity index (χ0) is 19.9. The lowest BCUT2D eigenvalue weighted by Gasteiger charge is -2.16. The molecule has 1 atom stereocenters. The lowest BCUT2D eigenvalue weighted by Crippen LogP contribution is -2.25. The first kappa shape index (κ1) is 18.9. The van der Waals surface area contributed by atoms with E-state index in [2.05, 4.69) is 14.7 Å². The highest BCUT2D eigenvalue weighted by molar-refractivity contribution is 7.96. The molecule has 5 N–H and O–H groups in total. The fraction of sp³-hybridized carbons (Fsp3) is 0.444. The number of nitrogens with zero attached hydrogens (tertiary/aromatic N) is 2. The van der Waals surface area contributed by atoms with E-state index in [0.29, 0.717) is 55.6 Å². The van der Waals surface area contributed by atoms with Crippen LogP contribution in [0.15, 0.2) is 20.5 Å². The van der Waals surface area contributed by atoms with Gasteiger partial charge in [-0.1, -0.05) is 0 Å². The number of nitrogens with one attached hydrogen (secondary N) is 1. The van der Waals surface area contributed by atoms with Gasteiger partial charge in [0.1, 0.15) is 17.3 Å². The first-order chi connectivity index (χ1) is 13.4. The maximum Gasteiger partial charge on any atom is 0.354 e. The zero-order valence-electron chi connectivity index (χ0n) is 15.3. The van der Waals surface area contributed by atoms with Crippen LogP contribution in [0, 0.1) is 5.82 Å². The van der Waals surface area contributed by atoms with Crippen molar-refractivity contribution < 1.29 is 18.1 Å². The van der Waals surface area contributed by atoms with E-state index in [9.17, 15) is 13.4 Å². The molecule has 0 radical (unpaired) electrons. The maximum atomic E-state index is 14.7. The molecule has 1 aliphatic heterocycles. The predicted octanol–water partition coefficient (Wildman–Crippen LogP) is 1.91. The average molecular weight is 407 g/mol. The van der Waals surface area contributed by atoms with Crippen molar-refractivity contribution in [1.82, 2.24) is 0 Å². The second kappa shape index (κ2) is 7.17. The fourth-order valence-corrected chi connectivity index (χ4v) is 5.08. The third-order valence-corrected chi connectivity index (χ3v) is 6.66. The van der Waals surface area contributed by atoms with Gasteiger partial charge in [0.15, 0.2) is 9.92 Å². The number of aliphatic imine (C=N–C) groups is 1. The van der Waals surface area contributed by atoms with Crippen molar-refractivity contribution in [2.24, 2.45) is 20.2 Å². The van der Waals surface area contributed by atoms with Gasteiger partial charge in [-0.2, -0.15) is 0 Å². The van der Waals surface area contributed by atoms with Crippen molar-refractivity contribution >= 4 is 27.5 Å². The minimum absolute atomic E-state index is 0.0371. The molecule has 0 fully saturated rings. The predicted molar refractivity (Wildman–Crippen MR) is 105 cm³/mol. The Morgan fingerprint density at radius 2 is 1.79 bits per heavy atom. The molecule has 0 spiro atoms. The van der Waals surface area contributed by atoms with E-state index < -0.39 is 15.9 Å². The number of carbonyl (C=O) groups is 1. The van der Waals surface area contributed by atoms with Gasteiger partial charge in [-0.15, -0.1) is 4.36 Å². The van der Waals surface area contributed by atoms with Gasteiger partial charge in [0.05, 0.1) is 6.54 Å². The second-order valence-corrected chi connectivity index (χ2v) is 8.73. The molecule has 3 aliphatic rings. The normalized spacial score (nSPS) is 20.1. The molecule has 0 bridgehead atoms. The topological polar surface area (TPSA) is 132 Å². The molecular weight excluding hydrogens is 385 g/mol. The molecule has 0 aromatic heterocycles. The molecule has 2 amide bonds. The quantitative estimate of drug-likeness (QED) is 0.706. The Balaban J connectivity index is 1.68. The second-order valence-electron chi connectivity index (χ2n) is 6.97. The molecule has 1 unspecified atom stereocenters. The van der Waals surface area contributed by atoms with E-state index in [-0.39, 0.29) is 16.6 Å². The molecule has 1 aromatic carbocycles. The van der Waals surface area contributed by atoms with Gasteiger partial charge in [0.2, 0.25) is 5.90 Å². The highest BCUT2D eigenvalue weighted by Crippen LogP contribution is 2.41. The van der Waals surface area contributed by atoms with Gasteiger partial charge < -0.3 is 15.8 Å². The summed E-state index contributed by atoms with van der Waals surface area (Å²) in [7, 11) is -3.64. The number of rotatable bonds is 3. The number of urea groups is 1. The summed E-state index contributed by atoms with van der Waals surface area (Å²) in [6, 6.07) is -0.861. The van der Waals surface area contributed by atoms with Crippen molar-refractivity contribution in [2.45, 2.75) is 38.5 Å². The summed E-state index contributed by atoms with van der Waals surface area (Å²) in [6.45, 7) is 0.713. The summed E-state index contributed by atoms with van der Waals surface area (Å²) in [5.74, 6) is -0.0996. The molecular formula is C18H22FN5O3S. The number of ether oxygens (including phenoxy) is 1. The monoisotopic (exact) mass is 407 g/mol. The maximum absolute atomic E-state index is 14.7. The highest BCUT2D eigenvalue weighted by Gasteiger charge is 2.30. The van der Waals surface area contributed by atoms with E-state index in [1.165, 1.54) is 0 Å². The number of hydrogen-bond donors (Lipinski definition) is 3. The van der Waals surface area contributed by atoms with Crippen LogP contribution in [0.3, 0.4) is 0 Å². The van der Waals surface area contributed by atoms with Gasteiger partial charge in [-0.25, -0.2) is 23.5 Å². The van der Waals surface area contributed by atoms with Crippen LogP contribution in [0.25, 0.3) is 0 Å². The summed E-state index contributed by atoms with van der Waals surface area (Å²) in [5.41, 5.74) is 9.06. The van der Waals surface area contributed by atoms with Crippen molar-refractivity contribution in [3.63, 3.8) is 0 Å². The van der Waals surface area contributed by atoms with Crippen LogP contribution >= 0.6 is 0 Å². The van der Waals surface area contributed by atoms with E-state index in [1.54, 1.807) is 0 Å². The Labute approximate surface area is 162 Å². The SMILES string of the molecule is NC=C(C1=NCCO1)S(N)(=O)=NC(=O)Nc1c2c(c(F)c3c1CCC3)CCC2. The number of nitrogens with two attached hydrogens (primary N) is 2. The number of benzene rings is 1. The fourth-order valence-electron chi connectivity index (χ4n) is 4.12. The van der Waals surface area contributed by atoms with E-state index >= 15 is 0 Å². The van der Waals surface area contributed by atoms with Crippen LogP contribution in [-0.4, -0.2) is 29.3 Å².